The Hall–Kier alpha value is -1.07. The standard InChI is InChI=1S/C12H17N3OS/c1-9-8-17-5-4-15(9)12(16)10-2-3-14-11(6-10)7-13/h2-3,6,9H,4-5,7-8,13H2,1H3. The molecule has 1 aliphatic heterocycles. The number of rotatable bonds is 2. The maximum Gasteiger partial charge on any atom is 0.254 e. The Morgan fingerprint density at radius 3 is 3.24 bits per heavy atom. The molecule has 17 heavy (non-hydrogen) atoms. The molecule has 0 saturated carbocycles. The zero-order valence-corrected chi connectivity index (χ0v) is 10.7. The predicted octanol–water partition coefficient (Wildman–Crippen LogP) is 1.12. The van der Waals surface area contributed by atoms with E-state index in [-0.39, 0.29) is 5.91 Å². The summed E-state index contributed by atoms with van der Waals surface area (Å²) in [5.74, 6) is 2.13. The molecule has 2 N–H and O–H groups in total. The maximum atomic E-state index is 12.3. The van der Waals surface area contributed by atoms with E-state index >= 15 is 0 Å². The third-order valence-corrected chi connectivity index (χ3v) is 4.09. The molecule has 2 rings (SSSR count). The minimum atomic E-state index is 0.0925. The van der Waals surface area contributed by atoms with Gasteiger partial charge in [0.25, 0.3) is 5.91 Å². The van der Waals surface area contributed by atoms with E-state index in [1.54, 1.807) is 18.3 Å². The lowest BCUT2D eigenvalue weighted by molar-refractivity contribution is 0.0716. The molecule has 0 radical (unpaired) electrons. The number of pyridine rings is 1. The highest BCUT2D eigenvalue weighted by Crippen LogP contribution is 2.18. The summed E-state index contributed by atoms with van der Waals surface area (Å²) >= 11 is 1.90. The van der Waals surface area contributed by atoms with E-state index in [0.29, 0.717) is 18.2 Å². The van der Waals surface area contributed by atoms with E-state index in [2.05, 4.69) is 11.9 Å². The molecule has 1 fully saturated rings. The highest BCUT2D eigenvalue weighted by Gasteiger charge is 2.24. The second-order valence-corrected chi connectivity index (χ2v) is 5.31. The van der Waals surface area contributed by atoms with E-state index in [1.165, 1.54) is 0 Å². The largest absolute Gasteiger partial charge is 0.334 e. The topological polar surface area (TPSA) is 59.2 Å². The molecule has 0 aromatic carbocycles. The summed E-state index contributed by atoms with van der Waals surface area (Å²) in [7, 11) is 0. The zero-order chi connectivity index (χ0) is 12.3. The number of hydrogen-bond donors (Lipinski definition) is 1. The predicted molar refractivity (Wildman–Crippen MR) is 70.0 cm³/mol. The quantitative estimate of drug-likeness (QED) is 0.855. The molecule has 1 saturated heterocycles. The average molecular weight is 251 g/mol. The molecule has 5 heteroatoms. The van der Waals surface area contributed by atoms with Crippen molar-refractivity contribution in [2.75, 3.05) is 18.1 Å². The van der Waals surface area contributed by atoms with Crippen LogP contribution in [0.15, 0.2) is 18.3 Å². The van der Waals surface area contributed by atoms with E-state index in [0.717, 1.165) is 23.7 Å². The molecule has 1 aliphatic rings. The highest BCUT2D eigenvalue weighted by molar-refractivity contribution is 7.99. The van der Waals surface area contributed by atoms with Gasteiger partial charge in [-0.25, -0.2) is 0 Å². The van der Waals surface area contributed by atoms with Crippen molar-refractivity contribution in [2.24, 2.45) is 5.73 Å². The average Bonchev–Trinajstić information content (AvgIpc) is 2.38. The molecule has 1 unspecified atom stereocenters. The summed E-state index contributed by atoms with van der Waals surface area (Å²) in [5.41, 5.74) is 6.99. The molecule has 0 spiro atoms. The van der Waals surface area contributed by atoms with Gasteiger partial charge in [0.05, 0.1) is 5.69 Å². The van der Waals surface area contributed by atoms with Crippen LogP contribution in [0.4, 0.5) is 0 Å². The van der Waals surface area contributed by atoms with Crippen molar-refractivity contribution >= 4 is 17.7 Å². The fraction of sp³-hybridized carbons (Fsp3) is 0.500. The minimum Gasteiger partial charge on any atom is -0.334 e. The van der Waals surface area contributed by atoms with Crippen molar-refractivity contribution < 1.29 is 4.79 Å². The number of hydrogen-bond acceptors (Lipinski definition) is 4. The summed E-state index contributed by atoms with van der Waals surface area (Å²) in [6, 6.07) is 3.85. The van der Waals surface area contributed by atoms with Crippen LogP contribution < -0.4 is 5.73 Å². The lowest BCUT2D eigenvalue weighted by atomic mass is 10.1. The first kappa shape index (κ1) is 12.4. The molecule has 0 aliphatic carbocycles. The van der Waals surface area contributed by atoms with Gasteiger partial charge in [0.2, 0.25) is 0 Å². The molecule has 2 heterocycles. The molecule has 1 amide bonds. The summed E-state index contributed by atoms with van der Waals surface area (Å²) in [4.78, 5) is 18.4. The second-order valence-electron chi connectivity index (χ2n) is 4.16. The highest BCUT2D eigenvalue weighted by atomic mass is 32.2. The van der Waals surface area contributed by atoms with Crippen molar-refractivity contribution in [3.8, 4) is 0 Å². The first-order chi connectivity index (χ1) is 8.22. The van der Waals surface area contributed by atoms with Crippen LogP contribution in [0.1, 0.15) is 23.0 Å². The fourth-order valence-corrected chi connectivity index (χ4v) is 2.93. The Labute approximate surface area is 106 Å². The van der Waals surface area contributed by atoms with Crippen LogP contribution in [0.5, 0.6) is 0 Å². The number of nitrogens with zero attached hydrogens (tertiary/aromatic N) is 2. The number of carbonyl (C=O) groups excluding carboxylic acids is 1. The van der Waals surface area contributed by atoms with Crippen LogP contribution in [0.25, 0.3) is 0 Å². The van der Waals surface area contributed by atoms with Gasteiger partial charge in [-0.05, 0) is 19.1 Å². The molecule has 1 atom stereocenters. The molecule has 1 aromatic heterocycles. The summed E-state index contributed by atoms with van der Waals surface area (Å²) < 4.78 is 0. The van der Waals surface area contributed by atoms with Gasteiger partial charge >= 0.3 is 0 Å². The molecule has 92 valence electrons. The summed E-state index contributed by atoms with van der Waals surface area (Å²) in [5, 5.41) is 0. The van der Waals surface area contributed by atoms with E-state index < -0.39 is 0 Å². The Kier molecular flexibility index (Phi) is 4.02. The van der Waals surface area contributed by atoms with Crippen LogP contribution in [0.3, 0.4) is 0 Å². The van der Waals surface area contributed by atoms with Crippen LogP contribution >= 0.6 is 11.8 Å². The van der Waals surface area contributed by atoms with Crippen LogP contribution in [-0.2, 0) is 6.54 Å². The van der Waals surface area contributed by atoms with Crippen molar-refractivity contribution in [2.45, 2.75) is 19.5 Å². The van der Waals surface area contributed by atoms with Crippen molar-refractivity contribution in [3.05, 3.63) is 29.6 Å². The normalized spacial score (nSPS) is 20.4. The van der Waals surface area contributed by atoms with Gasteiger partial charge in [-0.15, -0.1) is 0 Å². The second kappa shape index (κ2) is 5.51. The fourth-order valence-electron chi connectivity index (χ4n) is 1.92. The summed E-state index contributed by atoms with van der Waals surface area (Å²) in [6.45, 7) is 3.28. The lowest BCUT2D eigenvalue weighted by Crippen LogP contribution is -2.44. The third-order valence-electron chi connectivity index (χ3n) is 2.90. The Morgan fingerprint density at radius 1 is 1.71 bits per heavy atom. The number of amides is 1. The zero-order valence-electron chi connectivity index (χ0n) is 9.93. The molecular weight excluding hydrogens is 234 g/mol. The monoisotopic (exact) mass is 251 g/mol. The van der Waals surface area contributed by atoms with E-state index in [9.17, 15) is 4.79 Å². The summed E-state index contributed by atoms with van der Waals surface area (Å²) in [6.07, 6.45) is 1.65. The van der Waals surface area contributed by atoms with Crippen LogP contribution in [0.2, 0.25) is 0 Å². The number of aromatic nitrogens is 1. The molecular formula is C12H17N3OS. The van der Waals surface area contributed by atoms with Crippen molar-refractivity contribution in [3.63, 3.8) is 0 Å². The van der Waals surface area contributed by atoms with Gasteiger partial charge in [-0.2, -0.15) is 11.8 Å². The van der Waals surface area contributed by atoms with Crippen molar-refractivity contribution in [1.29, 1.82) is 0 Å². The number of nitrogens with two attached hydrogens (primary N) is 1. The minimum absolute atomic E-state index is 0.0925. The van der Waals surface area contributed by atoms with E-state index in [4.69, 9.17) is 5.73 Å². The smallest absolute Gasteiger partial charge is 0.254 e. The van der Waals surface area contributed by atoms with Gasteiger partial charge in [0.1, 0.15) is 0 Å². The molecule has 0 bridgehead atoms. The van der Waals surface area contributed by atoms with Crippen LogP contribution in [-0.4, -0.2) is 39.9 Å². The Morgan fingerprint density at radius 2 is 2.53 bits per heavy atom. The van der Waals surface area contributed by atoms with Gasteiger partial charge in [0, 0.05) is 42.4 Å². The Balaban J connectivity index is 2.17. The van der Waals surface area contributed by atoms with Gasteiger partial charge < -0.3 is 10.6 Å². The van der Waals surface area contributed by atoms with Gasteiger partial charge in [-0.3, -0.25) is 9.78 Å². The van der Waals surface area contributed by atoms with Gasteiger partial charge in [0.15, 0.2) is 0 Å². The molecule has 4 nitrogen and oxygen atoms in total. The van der Waals surface area contributed by atoms with E-state index in [1.807, 2.05) is 16.7 Å². The maximum absolute atomic E-state index is 12.3. The van der Waals surface area contributed by atoms with Crippen LogP contribution in [0, 0.1) is 0 Å². The Bertz CT molecular complexity index is 410. The first-order valence-corrected chi connectivity index (χ1v) is 6.91. The first-order valence-electron chi connectivity index (χ1n) is 5.76. The SMILES string of the molecule is CC1CSCCN1C(=O)c1ccnc(CN)c1. The van der Waals surface area contributed by atoms with Crippen molar-refractivity contribution in [1.82, 2.24) is 9.88 Å². The van der Waals surface area contributed by atoms with Gasteiger partial charge in [-0.1, -0.05) is 0 Å². The third kappa shape index (κ3) is 2.79. The number of carbonyl (C=O) groups is 1. The lowest BCUT2D eigenvalue weighted by Gasteiger charge is -2.33. The molecule has 1 aromatic rings. The number of thioether (sulfide) groups is 1.